The Balaban J connectivity index is 1.41. The molecule has 4 rings (SSSR count). The number of nitrogens with zero attached hydrogens (tertiary/aromatic N) is 2. The van der Waals surface area contributed by atoms with Gasteiger partial charge in [0.25, 0.3) is 5.22 Å². The zero-order valence-corrected chi connectivity index (χ0v) is 22.2. The summed E-state index contributed by atoms with van der Waals surface area (Å²) >= 11 is 2.66. The summed E-state index contributed by atoms with van der Waals surface area (Å²) in [5.41, 5.74) is 3.68. The summed E-state index contributed by atoms with van der Waals surface area (Å²) in [6.45, 7) is 8.57. The number of carbonyl (C=O) groups is 2. The van der Waals surface area contributed by atoms with Crippen LogP contribution in [0.5, 0.6) is 0 Å². The highest BCUT2D eigenvalue weighted by atomic mass is 32.2. The number of nitrogens with one attached hydrogen (secondary N) is 1. The number of aromatic nitrogens is 2. The molecule has 1 aliphatic rings. The van der Waals surface area contributed by atoms with E-state index in [1.54, 1.807) is 6.92 Å². The molecule has 186 valence electrons. The highest BCUT2D eigenvalue weighted by Gasteiger charge is 2.26. The third-order valence-electron chi connectivity index (χ3n) is 5.88. The minimum absolute atomic E-state index is 0.0654. The van der Waals surface area contributed by atoms with Gasteiger partial charge in [0.2, 0.25) is 11.8 Å². The number of rotatable bonds is 7. The average molecular weight is 514 g/mol. The van der Waals surface area contributed by atoms with Crippen molar-refractivity contribution in [3.8, 4) is 11.5 Å². The van der Waals surface area contributed by atoms with Gasteiger partial charge in [-0.15, -0.1) is 21.5 Å². The van der Waals surface area contributed by atoms with Crippen molar-refractivity contribution in [1.29, 1.82) is 0 Å². The van der Waals surface area contributed by atoms with E-state index >= 15 is 0 Å². The van der Waals surface area contributed by atoms with Crippen molar-refractivity contribution in [1.82, 2.24) is 10.2 Å². The number of fused-ring (bicyclic) bond motifs is 1. The lowest BCUT2D eigenvalue weighted by molar-refractivity contribution is -0.113. The van der Waals surface area contributed by atoms with Gasteiger partial charge < -0.3 is 14.5 Å². The Kier molecular flexibility index (Phi) is 7.96. The third-order valence-corrected chi connectivity index (χ3v) is 7.91. The van der Waals surface area contributed by atoms with Crippen LogP contribution in [0.25, 0.3) is 11.5 Å². The molecular formula is C26H31N3O4S2. The minimum atomic E-state index is -0.367. The lowest BCUT2D eigenvalue weighted by Crippen LogP contribution is -2.16. The van der Waals surface area contributed by atoms with Crippen molar-refractivity contribution in [3.63, 3.8) is 0 Å². The second kappa shape index (κ2) is 11.0. The second-order valence-corrected chi connectivity index (χ2v) is 11.6. The maximum Gasteiger partial charge on any atom is 0.341 e. The van der Waals surface area contributed by atoms with Crippen molar-refractivity contribution in [3.05, 3.63) is 45.8 Å². The van der Waals surface area contributed by atoms with Gasteiger partial charge >= 0.3 is 5.97 Å². The highest BCUT2D eigenvalue weighted by molar-refractivity contribution is 7.99. The van der Waals surface area contributed by atoms with E-state index in [-0.39, 0.29) is 23.0 Å². The summed E-state index contributed by atoms with van der Waals surface area (Å²) in [5, 5.41) is 12.0. The molecule has 0 atom stereocenters. The van der Waals surface area contributed by atoms with E-state index in [9.17, 15) is 9.59 Å². The summed E-state index contributed by atoms with van der Waals surface area (Å²) in [4.78, 5) is 26.6. The predicted molar refractivity (Wildman–Crippen MR) is 139 cm³/mol. The lowest BCUT2D eigenvalue weighted by Gasteiger charge is -2.18. The SMILES string of the molecule is CCOC(=O)c1c(NC(=O)CSc2nnc(-c3ccc(C(C)(C)C)cc3)o2)sc2c1CCCCC2. The standard InChI is InChI=1S/C26H31N3O4S2/c1-5-32-24(31)21-18-9-7-6-8-10-19(18)35-23(21)27-20(30)15-34-25-29-28-22(33-25)16-11-13-17(14-12-16)26(2,3)4/h11-14H,5-10,15H2,1-4H3,(H,27,30). The number of ether oxygens (including phenoxy) is 1. The van der Waals surface area contributed by atoms with Gasteiger partial charge in [0.1, 0.15) is 5.00 Å². The molecule has 0 spiro atoms. The zero-order valence-electron chi connectivity index (χ0n) is 20.6. The molecule has 2 aromatic heterocycles. The van der Waals surface area contributed by atoms with E-state index in [1.807, 2.05) is 12.1 Å². The summed E-state index contributed by atoms with van der Waals surface area (Å²) in [7, 11) is 0. The first-order chi connectivity index (χ1) is 16.8. The quantitative estimate of drug-likeness (QED) is 0.226. The Morgan fingerprint density at radius 3 is 2.57 bits per heavy atom. The molecule has 1 N–H and O–H groups in total. The molecule has 7 nitrogen and oxygen atoms in total. The molecule has 0 unspecified atom stereocenters. The Morgan fingerprint density at radius 2 is 1.86 bits per heavy atom. The number of hydrogen-bond acceptors (Lipinski definition) is 8. The van der Waals surface area contributed by atoms with Crippen LogP contribution >= 0.6 is 23.1 Å². The molecule has 3 aromatic rings. The van der Waals surface area contributed by atoms with Gasteiger partial charge in [-0.2, -0.15) is 0 Å². The molecule has 0 saturated heterocycles. The largest absolute Gasteiger partial charge is 0.462 e. The number of thiophene rings is 1. The van der Waals surface area contributed by atoms with Crippen LogP contribution in [0.1, 0.15) is 73.3 Å². The van der Waals surface area contributed by atoms with Gasteiger partial charge in [0, 0.05) is 10.4 Å². The second-order valence-electron chi connectivity index (χ2n) is 9.53. The monoisotopic (exact) mass is 513 g/mol. The average Bonchev–Trinajstić information content (AvgIpc) is 3.35. The van der Waals surface area contributed by atoms with Crippen molar-refractivity contribution in [2.75, 3.05) is 17.7 Å². The summed E-state index contributed by atoms with van der Waals surface area (Å²) in [6.07, 6.45) is 5.05. The number of thioether (sulfide) groups is 1. The Bertz CT molecular complexity index is 1190. The smallest absolute Gasteiger partial charge is 0.341 e. The van der Waals surface area contributed by atoms with Gasteiger partial charge in [0.15, 0.2) is 0 Å². The minimum Gasteiger partial charge on any atom is -0.462 e. The molecule has 35 heavy (non-hydrogen) atoms. The Labute approximate surface area is 214 Å². The van der Waals surface area contributed by atoms with Gasteiger partial charge in [0.05, 0.1) is 17.9 Å². The third kappa shape index (κ3) is 6.13. The molecule has 0 radical (unpaired) electrons. The van der Waals surface area contributed by atoms with E-state index in [2.05, 4.69) is 48.4 Å². The first-order valence-electron chi connectivity index (χ1n) is 11.9. The van der Waals surface area contributed by atoms with Crippen LogP contribution in [0, 0.1) is 0 Å². The number of carbonyl (C=O) groups excluding carboxylic acids is 2. The molecule has 0 saturated carbocycles. The van der Waals surface area contributed by atoms with Gasteiger partial charge in [-0.1, -0.05) is 51.1 Å². The van der Waals surface area contributed by atoms with Gasteiger partial charge in [-0.3, -0.25) is 4.79 Å². The molecule has 9 heteroatoms. The van der Waals surface area contributed by atoms with Gasteiger partial charge in [-0.05, 0) is 61.3 Å². The van der Waals surface area contributed by atoms with E-state index in [0.717, 1.165) is 43.2 Å². The van der Waals surface area contributed by atoms with Crippen LogP contribution in [0.4, 0.5) is 5.00 Å². The molecule has 0 aliphatic heterocycles. The van der Waals surface area contributed by atoms with E-state index < -0.39 is 0 Å². The fraction of sp³-hybridized carbons (Fsp3) is 0.462. The first kappa shape index (κ1) is 25.4. The normalized spacial score (nSPS) is 13.7. The fourth-order valence-corrected chi connectivity index (χ4v) is 5.89. The lowest BCUT2D eigenvalue weighted by atomic mass is 9.87. The summed E-state index contributed by atoms with van der Waals surface area (Å²) in [5.74, 6) is -0.0878. The zero-order chi connectivity index (χ0) is 25.0. The Morgan fingerprint density at radius 1 is 1.11 bits per heavy atom. The number of benzene rings is 1. The fourth-order valence-electron chi connectivity index (χ4n) is 4.04. The molecule has 1 aliphatic carbocycles. The summed E-state index contributed by atoms with van der Waals surface area (Å²) < 4.78 is 11.1. The maximum atomic E-state index is 12.7. The summed E-state index contributed by atoms with van der Waals surface area (Å²) in [6, 6.07) is 8.05. The number of hydrogen-bond donors (Lipinski definition) is 1. The van der Waals surface area contributed by atoms with E-state index in [0.29, 0.717) is 28.3 Å². The number of aryl methyl sites for hydroxylation is 1. The number of anilines is 1. The van der Waals surface area contributed by atoms with Crippen molar-refractivity contribution < 1.29 is 18.7 Å². The van der Waals surface area contributed by atoms with E-state index in [4.69, 9.17) is 9.15 Å². The van der Waals surface area contributed by atoms with Crippen molar-refractivity contribution >= 4 is 40.0 Å². The van der Waals surface area contributed by atoms with Crippen LogP contribution in [-0.4, -0.2) is 34.4 Å². The molecule has 0 fully saturated rings. The van der Waals surface area contributed by atoms with Crippen LogP contribution in [0.15, 0.2) is 33.9 Å². The molecular weight excluding hydrogens is 482 g/mol. The highest BCUT2D eigenvalue weighted by Crippen LogP contribution is 2.38. The van der Waals surface area contributed by atoms with Crippen LogP contribution in [-0.2, 0) is 27.8 Å². The first-order valence-corrected chi connectivity index (χ1v) is 13.7. The predicted octanol–water partition coefficient (Wildman–Crippen LogP) is 6.27. The molecule has 0 bridgehead atoms. The maximum absolute atomic E-state index is 12.7. The number of esters is 1. The molecule has 1 aromatic carbocycles. The topological polar surface area (TPSA) is 94.3 Å². The van der Waals surface area contributed by atoms with Crippen LogP contribution in [0.2, 0.25) is 0 Å². The van der Waals surface area contributed by atoms with Crippen molar-refractivity contribution in [2.45, 2.75) is 70.4 Å². The Hall–Kier alpha value is -2.65. The van der Waals surface area contributed by atoms with Crippen LogP contribution < -0.4 is 5.32 Å². The molecule has 2 heterocycles. The van der Waals surface area contributed by atoms with Crippen LogP contribution in [0.3, 0.4) is 0 Å². The van der Waals surface area contributed by atoms with E-state index in [1.165, 1.54) is 33.5 Å². The van der Waals surface area contributed by atoms with Crippen molar-refractivity contribution in [2.24, 2.45) is 0 Å². The number of amides is 1. The molecule has 1 amide bonds. The van der Waals surface area contributed by atoms with Gasteiger partial charge in [-0.25, -0.2) is 4.79 Å².